The molecular weight excluding hydrogens is 289 g/mol. The zero-order valence-corrected chi connectivity index (χ0v) is 12.5. The molecule has 5 heteroatoms. The van der Waals surface area contributed by atoms with Crippen LogP contribution in [0.25, 0.3) is 0 Å². The Labute approximate surface area is 123 Å². The van der Waals surface area contributed by atoms with Gasteiger partial charge < -0.3 is 4.74 Å². The van der Waals surface area contributed by atoms with Crippen LogP contribution in [-0.4, -0.2) is 43.5 Å². The molecule has 0 N–H and O–H groups in total. The SMILES string of the molecule is Clc1ccc(CSCCN2CCOCC2)c(Cl)c1. The van der Waals surface area contributed by atoms with Gasteiger partial charge in [0.1, 0.15) is 0 Å². The van der Waals surface area contributed by atoms with Gasteiger partial charge in [-0.2, -0.15) is 11.8 Å². The van der Waals surface area contributed by atoms with E-state index in [0.29, 0.717) is 5.02 Å². The van der Waals surface area contributed by atoms with E-state index in [1.807, 2.05) is 23.9 Å². The lowest BCUT2D eigenvalue weighted by atomic mass is 10.2. The molecule has 0 aliphatic carbocycles. The Morgan fingerprint density at radius 1 is 1.22 bits per heavy atom. The van der Waals surface area contributed by atoms with Crippen molar-refractivity contribution in [1.29, 1.82) is 0 Å². The summed E-state index contributed by atoms with van der Waals surface area (Å²) in [6.45, 7) is 4.98. The lowest BCUT2D eigenvalue weighted by Crippen LogP contribution is -2.37. The maximum Gasteiger partial charge on any atom is 0.0594 e. The number of ether oxygens (including phenoxy) is 1. The van der Waals surface area contributed by atoms with Gasteiger partial charge >= 0.3 is 0 Å². The second-order valence-corrected chi connectivity index (χ2v) is 6.19. The maximum absolute atomic E-state index is 6.13. The van der Waals surface area contributed by atoms with Crippen LogP contribution in [0.3, 0.4) is 0 Å². The summed E-state index contributed by atoms with van der Waals surface area (Å²) in [7, 11) is 0. The molecule has 2 nitrogen and oxygen atoms in total. The highest BCUT2D eigenvalue weighted by atomic mass is 35.5. The summed E-state index contributed by atoms with van der Waals surface area (Å²) in [6.07, 6.45) is 0. The topological polar surface area (TPSA) is 12.5 Å². The summed E-state index contributed by atoms with van der Waals surface area (Å²) in [4.78, 5) is 2.44. The van der Waals surface area contributed by atoms with Crippen molar-refractivity contribution < 1.29 is 4.74 Å². The number of hydrogen-bond donors (Lipinski definition) is 0. The summed E-state index contributed by atoms with van der Waals surface area (Å²) in [6, 6.07) is 5.71. The first-order valence-corrected chi connectivity index (χ1v) is 7.98. The number of halogens is 2. The Morgan fingerprint density at radius 3 is 2.72 bits per heavy atom. The molecule has 0 aromatic heterocycles. The van der Waals surface area contributed by atoms with E-state index in [4.69, 9.17) is 27.9 Å². The Bertz CT molecular complexity index is 383. The van der Waals surface area contributed by atoms with Crippen LogP contribution < -0.4 is 0 Å². The van der Waals surface area contributed by atoms with E-state index < -0.39 is 0 Å². The van der Waals surface area contributed by atoms with E-state index in [1.54, 1.807) is 6.07 Å². The summed E-state index contributed by atoms with van der Waals surface area (Å²) < 4.78 is 5.32. The fourth-order valence-corrected chi connectivity index (χ4v) is 3.40. The lowest BCUT2D eigenvalue weighted by Gasteiger charge is -2.26. The third kappa shape index (κ3) is 4.63. The van der Waals surface area contributed by atoms with E-state index in [9.17, 15) is 0 Å². The zero-order valence-electron chi connectivity index (χ0n) is 10.2. The smallest absolute Gasteiger partial charge is 0.0594 e. The minimum absolute atomic E-state index is 0.696. The molecule has 1 aliphatic rings. The molecule has 0 radical (unpaired) electrons. The van der Waals surface area contributed by atoms with Gasteiger partial charge in [0.25, 0.3) is 0 Å². The summed E-state index contributed by atoms with van der Waals surface area (Å²) in [5.41, 5.74) is 1.16. The Morgan fingerprint density at radius 2 is 2.00 bits per heavy atom. The van der Waals surface area contributed by atoms with Gasteiger partial charge in [0.15, 0.2) is 0 Å². The van der Waals surface area contributed by atoms with Crippen LogP contribution in [0.1, 0.15) is 5.56 Å². The highest BCUT2D eigenvalue weighted by molar-refractivity contribution is 7.98. The monoisotopic (exact) mass is 305 g/mol. The van der Waals surface area contributed by atoms with Gasteiger partial charge in [0, 0.05) is 41.2 Å². The van der Waals surface area contributed by atoms with Crippen molar-refractivity contribution >= 4 is 35.0 Å². The molecule has 0 atom stereocenters. The number of benzene rings is 1. The predicted molar refractivity (Wildman–Crippen MR) is 79.9 cm³/mol. The second kappa shape index (κ2) is 7.61. The van der Waals surface area contributed by atoms with Crippen molar-refractivity contribution in [3.63, 3.8) is 0 Å². The standard InChI is InChI=1S/C13H17Cl2NOS/c14-12-2-1-11(13(15)9-12)10-18-8-5-16-3-6-17-7-4-16/h1-2,9H,3-8,10H2. The van der Waals surface area contributed by atoms with E-state index in [1.165, 1.54) is 0 Å². The Kier molecular flexibility index (Phi) is 6.12. The molecule has 2 rings (SSSR count). The molecule has 0 amide bonds. The van der Waals surface area contributed by atoms with Gasteiger partial charge in [0.2, 0.25) is 0 Å². The molecule has 0 saturated carbocycles. The van der Waals surface area contributed by atoms with Crippen molar-refractivity contribution in [2.75, 3.05) is 38.6 Å². The molecule has 1 heterocycles. The average molecular weight is 306 g/mol. The molecule has 1 fully saturated rings. The zero-order chi connectivity index (χ0) is 12.8. The molecular formula is C13H17Cl2NOS. The first kappa shape index (κ1) is 14.5. The number of thioether (sulfide) groups is 1. The molecule has 100 valence electrons. The minimum atomic E-state index is 0.696. The van der Waals surface area contributed by atoms with E-state index in [-0.39, 0.29) is 0 Å². The van der Waals surface area contributed by atoms with Crippen LogP contribution in [-0.2, 0) is 10.5 Å². The molecule has 1 aliphatic heterocycles. The summed E-state index contributed by atoms with van der Waals surface area (Å²) in [5.74, 6) is 2.07. The first-order chi connectivity index (χ1) is 8.75. The molecule has 1 aromatic rings. The van der Waals surface area contributed by atoms with Crippen LogP contribution in [0.5, 0.6) is 0 Å². The van der Waals surface area contributed by atoms with Crippen molar-refractivity contribution in [1.82, 2.24) is 4.90 Å². The van der Waals surface area contributed by atoms with E-state index in [0.717, 1.165) is 54.9 Å². The molecule has 18 heavy (non-hydrogen) atoms. The van der Waals surface area contributed by atoms with Gasteiger partial charge in [-0.3, -0.25) is 4.90 Å². The molecule has 1 saturated heterocycles. The largest absolute Gasteiger partial charge is 0.379 e. The van der Waals surface area contributed by atoms with Gasteiger partial charge in [-0.05, 0) is 17.7 Å². The maximum atomic E-state index is 6.13. The van der Waals surface area contributed by atoms with Gasteiger partial charge in [-0.15, -0.1) is 0 Å². The Hall–Kier alpha value is 0.0700. The number of hydrogen-bond acceptors (Lipinski definition) is 3. The quantitative estimate of drug-likeness (QED) is 0.772. The molecule has 0 spiro atoms. The van der Waals surface area contributed by atoms with Crippen molar-refractivity contribution in [2.45, 2.75) is 5.75 Å². The van der Waals surface area contributed by atoms with Crippen molar-refractivity contribution in [3.8, 4) is 0 Å². The number of nitrogens with zero attached hydrogens (tertiary/aromatic N) is 1. The van der Waals surface area contributed by atoms with Crippen molar-refractivity contribution in [2.24, 2.45) is 0 Å². The molecule has 0 unspecified atom stereocenters. The minimum Gasteiger partial charge on any atom is -0.379 e. The highest BCUT2D eigenvalue weighted by Crippen LogP contribution is 2.24. The average Bonchev–Trinajstić information content (AvgIpc) is 2.38. The third-order valence-electron chi connectivity index (χ3n) is 2.93. The lowest BCUT2D eigenvalue weighted by molar-refractivity contribution is 0.0410. The van der Waals surface area contributed by atoms with Crippen LogP contribution in [0.15, 0.2) is 18.2 Å². The van der Waals surface area contributed by atoms with Crippen molar-refractivity contribution in [3.05, 3.63) is 33.8 Å². The normalized spacial score (nSPS) is 17.0. The van der Waals surface area contributed by atoms with Gasteiger partial charge in [0.05, 0.1) is 13.2 Å². The van der Waals surface area contributed by atoms with E-state index >= 15 is 0 Å². The number of rotatable bonds is 5. The summed E-state index contributed by atoms with van der Waals surface area (Å²) in [5, 5.41) is 1.46. The van der Waals surface area contributed by atoms with Crippen LogP contribution in [0.2, 0.25) is 10.0 Å². The first-order valence-electron chi connectivity index (χ1n) is 6.07. The summed E-state index contributed by atoms with van der Waals surface area (Å²) >= 11 is 13.9. The van der Waals surface area contributed by atoms with Crippen LogP contribution in [0.4, 0.5) is 0 Å². The fourth-order valence-electron chi connectivity index (χ4n) is 1.84. The van der Waals surface area contributed by atoms with E-state index in [2.05, 4.69) is 4.90 Å². The molecule has 1 aromatic carbocycles. The Balaban J connectivity index is 1.68. The van der Waals surface area contributed by atoms with Crippen LogP contribution in [0, 0.1) is 0 Å². The molecule has 0 bridgehead atoms. The van der Waals surface area contributed by atoms with Gasteiger partial charge in [-0.25, -0.2) is 0 Å². The fraction of sp³-hybridized carbons (Fsp3) is 0.538. The third-order valence-corrected chi connectivity index (χ3v) is 4.50. The highest BCUT2D eigenvalue weighted by Gasteiger charge is 2.09. The number of morpholine rings is 1. The van der Waals surface area contributed by atoms with Gasteiger partial charge in [-0.1, -0.05) is 29.3 Å². The van der Waals surface area contributed by atoms with Crippen LogP contribution >= 0.6 is 35.0 Å². The predicted octanol–water partition coefficient (Wildman–Crippen LogP) is 3.56. The second-order valence-electron chi connectivity index (χ2n) is 4.24.